The number of hydrogen-bond acceptors (Lipinski definition) is 5. The minimum atomic E-state index is -0.310. The van der Waals surface area contributed by atoms with Gasteiger partial charge >= 0.3 is 0 Å². The second-order valence-electron chi connectivity index (χ2n) is 5.29. The van der Waals surface area contributed by atoms with E-state index in [1.807, 2.05) is 26.1 Å². The largest absolute Gasteiger partial charge is 0.358 e. The zero-order chi connectivity index (χ0) is 15.7. The van der Waals surface area contributed by atoms with Crippen molar-refractivity contribution in [2.24, 2.45) is 7.05 Å². The molecule has 112 valence electrons. The Morgan fingerprint density at radius 1 is 1.45 bits per heavy atom. The van der Waals surface area contributed by atoms with Gasteiger partial charge in [-0.05, 0) is 25.5 Å². The summed E-state index contributed by atoms with van der Waals surface area (Å²) in [6, 6.07) is 7.00. The molecule has 1 amide bonds. The molecule has 1 aliphatic rings. The van der Waals surface area contributed by atoms with Crippen molar-refractivity contribution in [3.8, 4) is 6.07 Å². The molecule has 1 aliphatic heterocycles. The van der Waals surface area contributed by atoms with E-state index in [1.54, 1.807) is 21.7 Å². The van der Waals surface area contributed by atoms with Crippen molar-refractivity contribution < 1.29 is 4.79 Å². The number of aryl methyl sites for hydroxylation is 2. The van der Waals surface area contributed by atoms with Crippen molar-refractivity contribution in [1.29, 1.82) is 5.26 Å². The van der Waals surface area contributed by atoms with Crippen molar-refractivity contribution in [2.75, 3.05) is 16.8 Å². The summed E-state index contributed by atoms with van der Waals surface area (Å²) in [6.07, 6.45) is 2.19. The predicted octanol–water partition coefficient (Wildman–Crippen LogP) is 1.21. The molecular weight excluding hydrogens is 280 g/mol. The van der Waals surface area contributed by atoms with Crippen LogP contribution in [-0.2, 0) is 11.8 Å². The van der Waals surface area contributed by atoms with Gasteiger partial charge in [0.05, 0.1) is 11.3 Å². The second kappa shape index (κ2) is 5.48. The Morgan fingerprint density at radius 2 is 2.27 bits per heavy atom. The Labute approximate surface area is 128 Å². The summed E-state index contributed by atoms with van der Waals surface area (Å²) in [6.45, 7) is 2.55. The summed E-state index contributed by atoms with van der Waals surface area (Å²) < 4.78 is 1.72. The van der Waals surface area contributed by atoms with Gasteiger partial charge in [-0.25, -0.2) is 4.98 Å². The SMILES string of the molecule is Cc1cc(N2CCC(Nc3ccc(C#N)cn3)C2=O)n(C)n1. The lowest BCUT2D eigenvalue weighted by Gasteiger charge is -2.17. The number of rotatable bonds is 3. The first-order valence-electron chi connectivity index (χ1n) is 7.03. The van der Waals surface area contributed by atoms with E-state index in [0.29, 0.717) is 24.3 Å². The van der Waals surface area contributed by atoms with Crippen LogP contribution in [-0.4, -0.2) is 33.3 Å². The Bertz CT molecular complexity index is 742. The van der Waals surface area contributed by atoms with Gasteiger partial charge in [-0.15, -0.1) is 0 Å². The molecule has 22 heavy (non-hydrogen) atoms. The number of carbonyl (C=O) groups excluding carboxylic acids is 1. The number of aromatic nitrogens is 3. The van der Waals surface area contributed by atoms with Crippen LogP contribution >= 0.6 is 0 Å². The standard InChI is InChI=1S/C15H16N6O/c1-10-7-14(20(2)19-10)21-6-5-12(15(21)22)18-13-4-3-11(8-16)9-17-13/h3-4,7,9,12H,5-6H2,1-2H3,(H,17,18). The number of amides is 1. The van der Waals surface area contributed by atoms with Crippen LogP contribution in [0.5, 0.6) is 0 Å². The molecule has 2 aromatic heterocycles. The van der Waals surface area contributed by atoms with E-state index in [2.05, 4.69) is 15.4 Å². The minimum Gasteiger partial charge on any atom is -0.358 e. The third-order valence-electron chi connectivity index (χ3n) is 3.67. The Balaban J connectivity index is 1.73. The van der Waals surface area contributed by atoms with Crippen molar-refractivity contribution in [2.45, 2.75) is 19.4 Å². The quantitative estimate of drug-likeness (QED) is 0.920. The maximum atomic E-state index is 12.5. The van der Waals surface area contributed by atoms with E-state index in [0.717, 1.165) is 11.5 Å². The first-order valence-corrected chi connectivity index (χ1v) is 7.03. The fourth-order valence-electron chi connectivity index (χ4n) is 2.61. The van der Waals surface area contributed by atoms with Crippen molar-refractivity contribution in [3.63, 3.8) is 0 Å². The highest BCUT2D eigenvalue weighted by molar-refractivity contribution is 6.00. The number of nitrogens with one attached hydrogen (secondary N) is 1. The van der Waals surface area contributed by atoms with Crippen LogP contribution in [0.3, 0.4) is 0 Å². The Hall–Kier alpha value is -2.88. The van der Waals surface area contributed by atoms with Crippen LogP contribution in [0.2, 0.25) is 0 Å². The first kappa shape index (κ1) is 14.1. The molecule has 3 heterocycles. The summed E-state index contributed by atoms with van der Waals surface area (Å²) in [7, 11) is 1.83. The molecule has 0 bridgehead atoms. The number of nitrogens with zero attached hydrogens (tertiary/aromatic N) is 5. The van der Waals surface area contributed by atoms with Gasteiger partial charge in [-0.1, -0.05) is 0 Å². The lowest BCUT2D eigenvalue weighted by Crippen LogP contribution is -2.34. The topological polar surface area (TPSA) is 86.8 Å². The molecule has 0 aromatic carbocycles. The second-order valence-corrected chi connectivity index (χ2v) is 5.29. The van der Waals surface area contributed by atoms with Crippen LogP contribution in [0.1, 0.15) is 17.7 Å². The summed E-state index contributed by atoms with van der Waals surface area (Å²) in [5.41, 5.74) is 1.38. The average molecular weight is 296 g/mol. The predicted molar refractivity (Wildman–Crippen MR) is 81.3 cm³/mol. The Morgan fingerprint density at radius 3 is 2.86 bits per heavy atom. The lowest BCUT2D eigenvalue weighted by atomic mass is 10.2. The molecule has 1 N–H and O–H groups in total. The van der Waals surface area contributed by atoms with E-state index < -0.39 is 0 Å². The monoisotopic (exact) mass is 296 g/mol. The summed E-state index contributed by atoms with van der Waals surface area (Å²) in [5, 5.41) is 16.2. The van der Waals surface area contributed by atoms with Gasteiger partial charge in [0.25, 0.3) is 5.91 Å². The number of hydrogen-bond donors (Lipinski definition) is 1. The van der Waals surface area contributed by atoms with Gasteiger partial charge in [-0.3, -0.25) is 14.4 Å². The molecule has 1 atom stereocenters. The van der Waals surface area contributed by atoms with Crippen molar-refractivity contribution in [1.82, 2.24) is 14.8 Å². The number of nitriles is 1. The Kier molecular flexibility index (Phi) is 3.51. The molecule has 0 radical (unpaired) electrons. The zero-order valence-corrected chi connectivity index (χ0v) is 12.4. The maximum Gasteiger partial charge on any atom is 0.250 e. The van der Waals surface area contributed by atoms with E-state index in [9.17, 15) is 4.79 Å². The van der Waals surface area contributed by atoms with Gasteiger partial charge < -0.3 is 5.32 Å². The number of carbonyl (C=O) groups is 1. The summed E-state index contributed by atoms with van der Waals surface area (Å²) in [4.78, 5) is 18.4. The summed E-state index contributed by atoms with van der Waals surface area (Å²) >= 11 is 0. The average Bonchev–Trinajstić information content (AvgIpc) is 3.03. The molecule has 0 spiro atoms. The molecule has 1 saturated heterocycles. The molecule has 1 unspecified atom stereocenters. The lowest BCUT2D eigenvalue weighted by molar-refractivity contribution is -0.117. The third kappa shape index (κ3) is 2.51. The number of pyridine rings is 1. The fraction of sp³-hybridized carbons (Fsp3) is 0.333. The molecule has 0 aliphatic carbocycles. The highest BCUT2D eigenvalue weighted by Gasteiger charge is 2.34. The van der Waals surface area contributed by atoms with Crippen LogP contribution in [0.25, 0.3) is 0 Å². The molecule has 3 rings (SSSR count). The normalized spacial score (nSPS) is 17.6. The highest BCUT2D eigenvalue weighted by atomic mass is 16.2. The van der Waals surface area contributed by atoms with Gasteiger partial charge in [-0.2, -0.15) is 10.4 Å². The van der Waals surface area contributed by atoms with Gasteiger partial charge in [0.2, 0.25) is 0 Å². The van der Waals surface area contributed by atoms with Crippen molar-refractivity contribution >= 4 is 17.5 Å². The maximum absolute atomic E-state index is 12.5. The van der Waals surface area contributed by atoms with E-state index in [-0.39, 0.29) is 11.9 Å². The van der Waals surface area contributed by atoms with Crippen LogP contribution in [0.15, 0.2) is 24.4 Å². The number of anilines is 2. The van der Waals surface area contributed by atoms with E-state index in [4.69, 9.17) is 5.26 Å². The summed E-state index contributed by atoms with van der Waals surface area (Å²) in [5.74, 6) is 1.41. The van der Waals surface area contributed by atoms with E-state index >= 15 is 0 Å². The third-order valence-corrected chi connectivity index (χ3v) is 3.67. The van der Waals surface area contributed by atoms with Gasteiger partial charge in [0, 0.05) is 25.9 Å². The highest BCUT2D eigenvalue weighted by Crippen LogP contribution is 2.23. The molecule has 7 heteroatoms. The van der Waals surface area contributed by atoms with Crippen LogP contribution in [0.4, 0.5) is 11.6 Å². The fourth-order valence-corrected chi connectivity index (χ4v) is 2.61. The first-order chi connectivity index (χ1) is 10.6. The van der Waals surface area contributed by atoms with Crippen LogP contribution < -0.4 is 10.2 Å². The zero-order valence-electron chi connectivity index (χ0n) is 12.4. The molecule has 2 aromatic rings. The smallest absolute Gasteiger partial charge is 0.250 e. The molecule has 0 saturated carbocycles. The van der Waals surface area contributed by atoms with Gasteiger partial charge in [0.1, 0.15) is 23.7 Å². The molecule has 7 nitrogen and oxygen atoms in total. The van der Waals surface area contributed by atoms with Gasteiger partial charge in [0.15, 0.2) is 0 Å². The minimum absolute atomic E-state index is 0.00848. The molecule has 1 fully saturated rings. The molecular formula is C15H16N6O. The van der Waals surface area contributed by atoms with Crippen LogP contribution in [0, 0.1) is 18.3 Å². The van der Waals surface area contributed by atoms with Crippen molar-refractivity contribution in [3.05, 3.63) is 35.7 Å². The van der Waals surface area contributed by atoms with E-state index in [1.165, 1.54) is 6.20 Å².